The number of aliphatic hydroxyl groups is 2. The number of phosphoric ester groups is 1. The van der Waals surface area contributed by atoms with E-state index in [4.69, 9.17) is 19.1 Å². The van der Waals surface area contributed by atoms with Gasteiger partial charge >= 0.3 is 19.8 Å². The second kappa shape index (κ2) is 34.4. The molecule has 11 heteroatoms. The van der Waals surface area contributed by atoms with Crippen molar-refractivity contribution in [3.63, 3.8) is 0 Å². The predicted molar refractivity (Wildman–Crippen MR) is 192 cm³/mol. The molecule has 10 nitrogen and oxygen atoms in total. The summed E-state index contributed by atoms with van der Waals surface area (Å²) in [6, 6.07) is 0. The minimum Gasteiger partial charge on any atom is -0.462 e. The Morgan fingerprint density at radius 2 is 0.896 bits per heavy atom. The molecule has 0 aromatic carbocycles. The molecule has 0 aliphatic carbocycles. The number of aliphatic hydroxyl groups excluding tert-OH is 2. The maximum Gasteiger partial charge on any atom is 0.472 e. The van der Waals surface area contributed by atoms with Crippen molar-refractivity contribution < 1.29 is 47.8 Å². The monoisotopic (exact) mass is 708 g/mol. The zero-order valence-electron chi connectivity index (χ0n) is 30.7. The van der Waals surface area contributed by atoms with Crippen molar-refractivity contribution >= 4 is 19.8 Å². The molecule has 3 N–H and O–H groups in total. The van der Waals surface area contributed by atoms with Gasteiger partial charge in [-0.05, 0) is 12.8 Å². The quantitative estimate of drug-likeness (QED) is 0.0324. The van der Waals surface area contributed by atoms with Crippen molar-refractivity contribution in [2.75, 3.05) is 26.4 Å². The van der Waals surface area contributed by atoms with E-state index < -0.39 is 51.8 Å². The van der Waals surface area contributed by atoms with Crippen molar-refractivity contribution in [2.45, 2.75) is 199 Å². The predicted octanol–water partition coefficient (Wildman–Crippen LogP) is 9.50. The summed E-state index contributed by atoms with van der Waals surface area (Å²) in [4.78, 5) is 34.8. The lowest BCUT2D eigenvalue weighted by Gasteiger charge is -2.20. The van der Waals surface area contributed by atoms with Gasteiger partial charge in [0, 0.05) is 12.8 Å². The van der Waals surface area contributed by atoms with Gasteiger partial charge in [0.15, 0.2) is 6.10 Å². The van der Waals surface area contributed by atoms with Gasteiger partial charge in [0.05, 0.1) is 19.8 Å². The van der Waals surface area contributed by atoms with Crippen LogP contribution in [0.4, 0.5) is 0 Å². The standard InChI is InChI=1S/C37H73O10P/c1-3-5-7-9-11-13-15-17-19-21-23-25-27-29-37(41)47-35(33-46-48(42,43)45-31-34(39)30-38)32-44-36(40)28-26-24-22-20-18-16-14-12-10-8-6-4-2/h34-35,38-39H,3-33H2,1-2H3,(H,42,43)/t34-,35+/m0/s1. The molecule has 0 aliphatic rings. The highest BCUT2D eigenvalue weighted by molar-refractivity contribution is 7.47. The topological polar surface area (TPSA) is 149 Å². The summed E-state index contributed by atoms with van der Waals surface area (Å²) >= 11 is 0. The van der Waals surface area contributed by atoms with Gasteiger partial charge in [0.25, 0.3) is 0 Å². The van der Waals surface area contributed by atoms with E-state index in [-0.39, 0.29) is 19.4 Å². The molecule has 48 heavy (non-hydrogen) atoms. The van der Waals surface area contributed by atoms with Crippen LogP contribution in [-0.2, 0) is 32.7 Å². The molecule has 0 aromatic heterocycles. The first-order valence-electron chi connectivity index (χ1n) is 19.5. The van der Waals surface area contributed by atoms with Gasteiger partial charge in [-0.3, -0.25) is 18.6 Å². The van der Waals surface area contributed by atoms with E-state index in [1.54, 1.807) is 0 Å². The van der Waals surface area contributed by atoms with Gasteiger partial charge in [0.1, 0.15) is 12.7 Å². The number of carbonyl (C=O) groups is 2. The molecule has 0 aromatic rings. The van der Waals surface area contributed by atoms with Crippen molar-refractivity contribution in [3.8, 4) is 0 Å². The van der Waals surface area contributed by atoms with Crippen LogP contribution in [0.5, 0.6) is 0 Å². The van der Waals surface area contributed by atoms with Crippen molar-refractivity contribution in [2.24, 2.45) is 0 Å². The molecule has 0 radical (unpaired) electrons. The molecular weight excluding hydrogens is 635 g/mol. The Morgan fingerprint density at radius 1 is 0.542 bits per heavy atom. The van der Waals surface area contributed by atoms with Gasteiger partial charge < -0.3 is 24.6 Å². The maximum atomic E-state index is 12.5. The molecule has 0 aliphatic heterocycles. The van der Waals surface area contributed by atoms with Gasteiger partial charge in [-0.1, -0.05) is 162 Å². The molecule has 0 rings (SSSR count). The van der Waals surface area contributed by atoms with Crippen LogP contribution in [0.2, 0.25) is 0 Å². The number of rotatable bonds is 37. The minimum absolute atomic E-state index is 0.192. The van der Waals surface area contributed by atoms with Crippen LogP contribution >= 0.6 is 7.82 Å². The number of unbranched alkanes of at least 4 members (excludes halogenated alkanes) is 23. The lowest BCUT2D eigenvalue weighted by Crippen LogP contribution is -2.29. The minimum atomic E-state index is -4.60. The molecule has 286 valence electrons. The second-order valence-electron chi connectivity index (χ2n) is 13.3. The van der Waals surface area contributed by atoms with Crippen LogP contribution < -0.4 is 0 Å². The normalized spacial score (nSPS) is 14.0. The van der Waals surface area contributed by atoms with Crippen LogP contribution in [-0.4, -0.2) is 65.7 Å². The van der Waals surface area contributed by atoms with Gasteiger partial charge in [-0.2, -0.15) is 0 Å². The molecule has 3 atom stereocenters. The van der Waals surface area contributed by atoms with E-state index in [9.17, 15) is 24.2 Å². The van der Waals surface area contributed by atoms with E-state index in [0.29, 0.717) is 12.8 Å². The molecular formula is C37H73O10P. The lowest BCUT2D eigenvalue weighted by molar-refractivity contribution is -0.161. The number of phosphoric acid groups is 1. The molecule has 0 bridgehead atoms. The highest BCUT2D eigenvalue weighted by atomic mass is 31.2. The van der Waals surface area contributed by atoms with Gasteiger partial charge in [-0.15, -0.1) is 0 Å². The second-order valence-corrected chi connectivity index (χ2v) is 14.8. The lowest BCUT2D eigenvalue weighted by atomic mass is 10.0. The fourth-order valence-corrected chi connectivity index (χ4v) is 6.25. The third-order valence-corrected chi connectivity index (χ3v) is 9.46. The molecule has 0 heterocycles. The summed E-state index contributed by atoms with van der Waals surface area (Å²) in [5.41, 5.74) is 0. The summed E-state index contributed by atoms with van der Waals surface area (Å²) in [6.45, 7) is 2.38. The fourth-order valence-electron chi connectivity index (χ4n) is 5.46. The van der Waals surface area contributed by atoms with Crippen molar-refractivity contribution in [3.05, 3.63) is 0 Å². The Labute approximate surface area is 293 Å². The fraction of sp³-hybridized carbons (Fsp3) is 0.946. The molecule has 0 fully saturated rings. The highest BCUT2D eigenvalue weighted by Crippen LogP contribution is 2.43. The van der Waals surface area contributed by atoms with E-state index in [0.717, 1.165) is 38.5 Å². The van der Waals surface area contributed by atoms with Crippen LogP contribution in [0.3, 0.4) is 0 Å². The molecule has 0 saturated heterocycles. The zero-order valence-corrected chi connectivity index (χ0v) is 31.6. The highest BCUT2D eigenvalue weighted by Gasteiger charge is 2.27. The number of hydrogen-bond acceptors (Lipinski definition) is 9. The zero-order chi connectivity index (χ0) is 35.6. The third-order valence-electron chi connectivity index (χ3n) is 8.51. The average Bonchev–Trinajstić information content (AvgIpc) is 3.07. The average molecular weight is 709 g/mol. The smallest absolute Gasteiger partial charge is 0.462 e. The van der Waals surface area contributed by atoms with Crippen LogP contribution in [0.25, 0.3) is 0 Å². The van der Waals surface area contributed by atoms with Crippen LogP contribution in [0.15, 0.2) is 0 Å². The Kier molecular flexibility index (Phi) is 33.7. The first kappa shape index (κ1) is 47.0. The summed E-state index contributed by atoms with van der Waals surface area (Å²) in [5, 5.41) is 18.3. The Morgan fingerprint density at radius 3 is 1.29 bits per heavy atom. The van der Waals surface area contributed by atoms with Crippen molar-refractivity contribution in [1.29, 1.82) is 0 Å². The van der Waals surface area contributed by atoms with E-state index >= 15 is 0 Å². The van der Waals surface area contributed by atoms with Crippen LogP contribution in [0.1, 0.15) is 187 Å². The maximum absolute atomic E-state index is 12.5. The number of ether oxygens (including phenoxy) is 2. The third kappa shape index (κ3) is 33.5. The Balaban J connectivity index is 4.33. The number of esters is 2. The summed E-state index contributed by atoms with van der Waals surface area (Å²) < 4.78 is 32.6. The number of carbonyl (C=O) groups excluding carboxylic acids is 2. The summed E-state index contributed by atoms with van der Waals surface area (Å²) in [6.07, 6.45) is 27.8. The molecule has 0 saturated carbocycles. The van der Waals surface area contributed by atoms with Crippen molar-refractivity contribution in [1.82, 2.24) is 0 Å². The molecule has 0 spiro atoms. The first-order chi connectivity index (χ1) is 23.2. The summed E-state index contributed by atoms with van der Waals surface area (Å²) in [5.74, 6) is -0.915. The van der Waals surface area contributed by atoms with Crippen LogP contribution in [0, 0.1) is 0 Å². The van der Waals surface area contributed by atoms with Gasteiger partial charge in [0.2, 0.25) is 0 Å². The first-order valence-corrected chi connectivity index (χ1v) is 21.0. The van der Waals surface area contributed by atoms with E-state index in [2.05, 4.69) is 18.4 Å². The molecule has 1 unspecified atom stereocenters. The SMILES string of the molecule is CCCCCCCCCCCCCCCC(=O)O[C@H](COC(=O)CCCCCCCCCCCCCC)COP(=O)(O)OC[C@@H](O)CO. The number of hydrogen-bond donors (Lipinski definition) is 3. The van der Waals surface area contributed by atoms with Gasteiger partial charge in [-0.25, -0.2) is 4.57 Å². The Bertz CT molecular complexity index is 781. The largest absolute Gasteiger partial charge is 0.472 e. The Hall–Kier alpha value is -1.03. The van der Waals surface area contributed by atoms with E-state index in [1.165, 1.54) is 109 Å². The molecule has 0 amide bonds. The van der Waals surface area contributed by atoms with E-state index in [1.807, 2.05) is 0 Å². The summed E-state index contributed by atoms with van der Waals surface area (Å²) in [7, 11) is -4.60.